The molecular weight excluding hydrogens is 448 g/mol. The van der Waals surface area contributed by atoms with Crippen molar-refractivity contribution in [1.82, 2.24) is 0 Å². The summed E-state index contributed by atoms with van der Waals surface area (Å²) in [4.78, 5) is 14.5. The molecule has 0 aliphatic rings. The topological polar surface area (TPSA) is 44.8 Å². The Morgan fingerprint density at radius 3 is 2.21 bits per heavy atom. The molecule has 3 aromatic rings. The van der Waals surface area contributed by atoms with Gasteiger partial charge < -0.3 is 14.2 Å². The summed E-state index contributed by atoms with van der Waals surface area (Å²) in [5.74, 6) is 0.746. The van der Waals surface area contributed by atoms with Crippen LogP contribution in [-0.2, 0) is 15.2 Å². The standard InChI is InChI=1S/C27H32O4SSi/c1-29-20-31-25-16-15-23(21-11-7-5-8-12-21)24(19-32-22-13-9-6-10-14-22)26(25)27(28)30-17-18-33(2,3)4/h5-16H,17-20H2,1-4H3. The minimum atomic E-state index is -1.33. The van der Waals surface area contributed by atoms with E-state index in [4.69, 9.17) is 14.2 Å². The van der Waals surface area contributed by atoms with Crippen molar-refractivity contribution in [3.63, 3.8) is 0 Å². The van der Waals surface area contributed by atoms with E-state index in [1.54, 1.807) is 18.9 Å². The van der Waals surface area contributed by atoms with Crippen LogP contribution in [0.2, 0.25) is 25.7 Å². The van der Waals surface area contributed by atoms with Crippen LogP contribution in [0, 0.1) is 0 Å². The van der Waals surface area contributed by atoms with E-state index in [9.17, 15) is 4.79 Å². The van der Waals surface area contributed by atoms with Gasteiger partial charge in [0.25, 0.3) is 0 Å². The molecule has 0 unspecified atom stereocenters. The van der Waals surface area contributed by atoms with Crippen molar-refractivity contribution in [3.8, 4) is 16.9 Å². The van der Waals surface area contributed by atoms with Crippen molar-refractivity contribution in [2.75, 3.05) is 20.5 Å². The van der Waals surface area contributed by atoms with E-state index >= 15 is 0 Å². The van der Waals surface area contributed by atoms with Crippen molar-refractivity contribution in [1.29, 1.82) is 0 Å². The molecule has 0 saturated carbocycles. The normalized spacial score (nSPS) is 11.3. The van der Waals surface area contributed by atoms with E-state index in [2.05, 4.69) is 43.9 Å². The van der Waals surface area contributed by atoms with E-state index in [1.807, 2.05) is 48.5 Å². The fourth-order valence-electron chi connectivity index (χ4n) is 3.33. The van der Waals surface area contributed by atoms with Gasteiger partial charge in [0.1, 0.15) is 11.3 Å². The number of hydrogen-bond donors (Lipinski definition) is 0. The number of benzene rings is 3. The molecule has 0 atom stereocenters. The van der Waals surface area contributed by atoms with Gasteiger partial charge in [-0.2, -0.15) is 0 Å². The molecule has 0 amide bonds. The summed E-state index contributed by atoms with van der Waals surface area (Å²) < 4.78 is 16.7. The highest BCUT2D eigenvalue weighted by Gasteiger charge is 2.24. The SMILES string of the molecule is COCOc1ccc(-c2ccccc2)c(CSc2ccccc2)c1C(=O)OCC[Si](C)(C)C. The first-order valence-corrected chi connectivity index (χ1v) is 15.8. The highest BCUT2D eigenvalue weighted by atomic mass is 32.2. The fourth-order valence-corrected chi connectivity index (χ4v) is 5.00. The molecule has 0 aliphatic carbocycles. The third-order valence-corrected chi connectivity index (χ3v) is 7.85. The van der Waals surface area contributed by atoms with Crippen molar-refractivity contribution in [2.24, 2.45) is 0 Å². The second kappa shape index (κ2) is 12.1. The summed E-state index contributed by atoms with van der Waals surface area (Å²) in [6.45, 7) is 7.29. The third-order valence-electron chi connectivity index (χ3n) is 5.11. The number of esters is 1. The lowest BCUT2D eigenvalue weighted by Gasteiger charge is -2.20. The van der Waals surface area contributed by atoms with Crippen LogP contribution < -0.4 is 4.74 Å². The Balaban J connectivity index is 2.03. The molecule has 3 rings (SSSR count). The molecule has 0 radical (unpaired) electrons. The lowest BCUT2D eigenvalue weighted by molar-refractivity contribution is 0.0436. The van der Waals surface area contributed by atoms with Gasteiger partial charge in [-0.15, -0.1) is 11.8 Å². The highest BCUT2D eigenvalue weighted by Crippen LogP contribution is 2.37. The lowest BCUT2D eigenvalue weighted by Crippen LogP contribution is -2.23. The summed E-state index contributed by atoms with van der Waals surface area (Å²) >= 11 is 1.69. The molecule has 4 nitrogen and oxygen atoms in total. The third kappa shape index (κ3) is 7.49. The molecule has 3 aromatic carbocycles. The van der Waals surface area contributed by atoms with Crippen LogP contribution >= 0.6 is 11.8 Å². The minimum absolute atomic E-state index is 0.0607. The number of carbonyl (C=O) groups is 1. The smallest absolute Gasteiger partial charge is 0.342 e. The van der Waals surface area contributed by atoms with Crippen LogP contribution in [0.4, 0.5) is 0 Å². The molecular formula is C27H32O4SSi. The summed E-state index contributed by atoms with van der Waals surface area (Å²) in [5.41, 5.74) is 3.44. The van der Waals surface area contributed by atoms with E-state index in [-0.39, 0.29) is 12.8 Å². The van der Waals surface area contributed by atoms with Gasteiger partial charge in [0, 0.05) is 25.8 Å². The molecule has 0 heterocycles. The van der Waals surface area contributed by atoms with Gasteiger partial charge in [0.05, 0.1) is 6.61 Å². The monoisotopic (exact) mass is 480 g/mol. The van der Waals surface area contributed by atoms with Gasteiger partial charge in [-0.25, -0.2) is 4.79 Å². The Labute approximate surface area is 202 Å². The Hall–Kier alpha value is -2.54. The summed E-state index contributed by atoms with van der Waals surface area (Å²) in [6.07, 6.45) is 0. The fraction of sp³-hybridized carbons (Fsp3) is 0.296. The molecule has 0 fully saturated rings. The molecule has 0 spiro atoms. The average molecular weight is 481 g/mol. The number of ether oxygens (including phenoxy) is 3. The molecule has 33 heavy (non-hydrogen) atoms. The second-order valence-electron chi connectivity index (χ2n) is 8.93. The number of methoxy groups -OCH3 is 1. The Bertz CT molecular complexity index is 1030. The van der Waals surface area contributed by atoms with Gasteiger partial charge >= 0.3 is 5.97 Å². The first-order valence-electron chi connectivity index (χ1n) is 11.1. The zero-order valence-electron chi connectivity index (χ0n) is 19.8. The van der Waals surface area contributed by atoms with E-state index in [0.717, 1.165) is 27.6 Å². The van der Waals surface area contributed by atoms with Gasteiger partial charge in [-0.05, 0) is 40.9 Å². The molecule has 0 N–H and O–H groups in total. The van der Waals surface area contributed by atoms with Gasteiger partial charge in [0.15, 0.2) is 6.79 Å². The maximum absolute atomic E-state index is 13.4. The number of thioether (sulfide) groups is 1. The summed E-state index contributed by atoms with van der Waals surface area (Å²) in [6, 6.07) is 25.1. The zero-order chi connectivity index (χ0) is 23.7. The van der Waals surface area contributed by atoms with Crippen LogP contribution in [0.25, 0.3) is 11.1 Å². The molecule has 0 bridgehead atoms. The molecule has 0 aromatic heterocycles. The van der Waals surface area contributed by atoms with E-state index in [0.29, 0.717) is 23.7 Å². The average Bonchev–Trinajstić information content (AvgIpc) is 2.81. The van der Waals surface area contributed by atoms with Crippen molar-refractivity contribution >= 4 is 25.8 Å². The van der Waals surface area contributed by atoms with Gasteiger partial charge in [-0.3, -0.25) is 0 Å². The zero-order valence-corrected chi connectivity index (χ0v) is 21.6. The predicted molar refractivity (Wildman–Crippen MR) is 139 cm³/mol. The van der Waals surface area contributed by atoms with E-state index < -0.39 is 8.07 Å². The van der Waals surface area contributed by atoms with Crippen LogP contribution in [0.3, 0.4) is 0 Å². The minimum Gasteiger partial charge on any atom is -0.467 e. The van der Waals surface area contributed by atoms with Crippen LogP contribution in [-0.4, -0.2) is 34.6 Å². The molecule has 0 aliphatic heterocycles. The maximum Gasteiger partial charge on any atom is 0.342 e. The second-order valence-corrected chi connectivity index (χ2v) is 15.6. The predicted octanol–water partition coefficient (Wildman–Crippen LogP) is 7.12. The number of carbonyl (C=O) groups excluding carboxylic acids is 1. The van der Waals surface area contributed by atoms with Crippen LogP contribution in [0.5, 0.6) is 5.75 Å². The van der Waals surface area contributed by atoms with Crippen LogP contribution in [0.15, 0.2) is 77.7 Å². The van der Waals surface area contributed by atoms with E-state index in [1.165, 1.54) is 0 Å². The molecule has 174 valence electrons. The maximum atomic E-state index is 13.4. The first kappa shape index (κ1) is 25.1. The Kier molecular flexibility index (Phi) is 9.18. The van der Waals surface area contributed by atoms with Crippen LogP contribution in [0.1, 0.15) is 15.9 Å². The Morgan fingerprint density at radius 1 is 0.909 bits per heavy atom. The quantitative estimate of drug-likeness (QED) is 0.126. The summed E-state index contributed by atoms with van der Waals surface area (Å²) in [7, 11) is 0.237. The summed E-state index contributed by atoms with van der Waals surface area (Å²) in [5, 5.41) is 0. The van der Waals surface area contributed by atoms with Gasteiger partial charge in [-0.1, -0.05) is 74.2 Å². The van der Waals surface area contributed by atoms with Crippen molar-refractivity contribution in [2.45, 2.75) is 36.3 Å². The first-order chi connectivity index (χ1) is 15.9. The highest BCUT2D eigenvalue weighted by molar-refractivity contribution is 7.98. The lowest BCUT2D eigenvalue weighted by atomic mass is 9.95. The number of rotatable bonds is 11. The van der Waals surface area contributed by atoms with Gasteiger partial charge in [0.2, 0.25) is 0 Å². The Morgan fingerprint density at radius 2 is 1.58 bits per heavy atom. The molecule has 0 saturated heterocycles. The van der Waals surface area contributed by atoms with Crippen molar-refractivity contribution in [3.05, 3.63) is 83.9 Å². The van der Waals surface area contributed by atoms with Crippen molar-refractivity contribution < 1.29 is 19.0 Å². The number of hydrogen-bond acceptors (Lipinski definition) is 5. The largest absolute Gasteiger partial charge is 0.467 e. The molecule has 6 heteroatoms.